The maximum Gasteiger partial charge on any atom is 0.258 e. The van der Waals surface area contributed by atoms with Gasteiger partial charge in [-0.25, -0.2) is 0 Å². The quantitative estimate of drug-likeness (QED) is 0.793. The number of hydrogen-bond acceptors (Lipinski definition) is 2. The van der Waals surface area contributed by atoms with Crippen molar-refractivity contribution in [1.82, 2.24) is 0 Å². The second kappa shape index (κ2) is 6.96. The molecule has 0 spiro atoms. The van der Waals surface area contributed by atoms with E-state index in [-0.39, 0.29) is 5.91 Å². The molecular weight excluding hydrogens is 352 g/mol. The Labute approximate surface area is 137 Å². The molecule has 110 valence electrons. The van der Waals surface area contributed by atoms with Gasteiger partial charge in [-0.2, -0.15) is 0 Å². The van der Waals surface area contributed by atoms with E-state index in [1.165, 1.54) is 0 Å². The van der Waals surface area contributed by atoms with Crippen molar-refractivity contribution in [2.24, 2.45) is 0 Å². The number of anilines is 2. The molecule has 0 unspecified atom stereocenters. The van der Waals surface area contributed by atoms with Gasteiger partial charge in [0.2, 0.25) is 0 Å². The minimum atomic E-state index is -0.0920. The number of carbonyl (C=O) groups is 1. The summed E-state index contributed by atoms with van der Waals surface area (Å²) < 4.78 is 0.780. The third kappa shape index (κ3) is 3.99. The molecule has 0 atom stereocenters. The van der Waals surface area contributed by atoms with Crippen LogP contribution in [-0.2, 0) is 0 Å². The molecular formula is C16H16BrClN2O. The molecule has 0 radical (unpaired) electrons. The number of amides is 1. The molecule has 21 heavy (non-hydrogen) atoms. The summed E-state index contributed by atoms with van der Waals surface area (Å²) in [5, 5.41) is 0.525. The van der Waals surface area contributed by atoms with Crippen molar-refractivity contribution in [1.29, 1.82) is 0 Å². The number of rotatable bonds is 4. The van der Waals surface area contributed by atoms with E-state index in [2.05, 4.69) is 15.9 Å². The van der Waals surface area contributed by atoms with Crippen molar-refractivity contribution < 1.29 is 4.79 Å². The molecule has 1 amide bonds. The normalized spacial score (nSPS) is 10.4. The standard InChI is InChI=1S/C16H16BrClN2O/c1-2-6-20(15-5-3-4-14(19)10-15)16(21)11-7-12(17)9-13(18)8-11/h3-5,7-10H,2,6,19H2,1H3. The number of halogens is 2. The number of nitrogens with two attached hydrogens (primary N) is 1. The zero-order valence-corrected chi connectivity index (χ0v) is 14.0. The number of benzene rings is 2. The molecule has 0 bridgehead atoms. The maximum absolute atomic E-state index is 12.8. The highest BCUT2D eigenvalue weighted by atomic mass is 79.9. The van der Waals surface area contributed by atoms with E-state index in [0.717, 1.165) is 16.6 Å². The topological polar surface area (TPSA) is 46.3 Å². The van der Waals surface area contributed by atoms with Crippen molar-refractivity contribution in [3.05, 3.63) is 57.5 Å². The average Bonchev–Trinajstić information content (AvgIpc) is 2.43. The molecule has 2 rings (SSSR count). The lowest BCUT2D eigenvalue weighted by Crippen LogP contribution is -2.31. The van der Waals surface area contributed by atoms with Crippen molar-refractivity contribution in [3.63, 3.8) is 0 Å². The maximum atomic E-state index is 12.8. The Kier molecular flexibility index (Phi) is 5.26. The summed E-state index contributed by atoms with van der Waals surface area (Å²) in [5.74, 6) is -0.0920. The first-order valence-corrected chi connectivity index (χ1v) is 7.82. The Balaban J connectivity index is 2.39. The van der Waals surface area contributed by atoms with E-state index in [9.17, 15) is 4.79 Å². The summed E-state index contributed by atoms with van der Waals surface area (Å²) in [6.45, 7) is 2.65. The van der Waals surface area contributed by atoms with Gasteiger partial charge in [0.25, 0.3) is 5.91 Å². The average molecular weight is 368 g/mol. The van der Waals surface area contributed by atoms with E-state index in [0.29, 0.717) is 22.8 Å². The predicted octanol–water partition coefficient (Wildman–Crippen LogP) is 4.74. The van der Waals surface area contributed by atoms with Gasteiger partial charge in [-0.1, -0.05) is 40.5 Å². The first-order valence-electron chi connectivity index (χ1n) is 6.64. The largest absolute Gasteiger partial charge is 0.399 e. The predicted molar refractivity (Wildman–Crippen MR) is 92.0 cm³/mol. The Hall–Kier alpha value is -1.52. The minimum absolute atomic E-state index is 0.0920. The fourth-order valence-electron chi connectivity index (χ4n) is 2.10. The van der Waals surface area contributed by atoms with Gasteiger partial charge in [-0.15, -0.1) is 0 Å². The molecule has 3 nitrogen and oxygen atoms in total. The van der Waals surface area contributed by atoms with E-state index in [1.54, 1.807) is 35.2 Å². The summed E-state index contributed by atoms with van der Waals surface area (Å²) in [5.41, 5.74) is 7.78. The number of nitrogens with zero attached hydrogens (tertiary/aromatic N) is 1. The van der Waals surface area contributed by atoms with Crippen molar-refractivity contribution in [2.45, 2.75) is 13.3 Å². The van der Waals surface area contributed by atoms with E-state index < -0.39 is 0 Å². The third-order valence-corrected chi connectivity index (χ3v) is 3.66. The van der Waals surface area contributed by atoms with Gasteiger partial charge in [-0.05, 0) is 42.8 Å². The smallest absolute Gasteiger partial charge is 0.258 e. The van der Waals surface area contributed by atoms with Gasteiger partial charge in [0.1, 0.15) is 0 Å². The van der Waals surface area contributed by atoms with Gasteiger partial charge < -0.3 is 10.6 Å². The fraction of sp³-hybridized carbons (Fsp3) is 0.188. The molecule has 0 aromatic heterocycles. The molecule has 5 heteroatoms. The minimum Gasteiger partial charge on any atom is -0.399 e. The molecule has 0 saturated carbocycles. The van der Waals surface area contributed by atoms with Gasteiger partial charge in [-0.3, -0.25) is 4.79 Å². The summed E-state index contributed by atoms with van der Waals surface area (Å²) >= 11 is 9.39. The lowest BCUT2D eigenvalue weighted by Gasteiger charge is -2.23. The lowest BCUT2D eigenvalue weighted by atomic mass is 10.1. The highest BCUT2D eigenvalue weighted by Gasteiger charge is 2.18. The van der Waals surface area contributed by atoms with Crippen LogP contribution in [0.2, 0.25) is 5.02 Å². The molecule has 0 saturated heterocycles. The number of nitrogen functional groups attached to an aromatic ring is 1. The summed E-state index contributed by atoms with van der Waals surface area (Å²) in [6.07, 6.45) is 0.849. The van der Waals surface area contributed by atoms with Crippen LogP contribution in [0.5, 0.6) is 0 Å². The molecule has 0 aliphatic carbocycles. The summed E-state index contributed by atoms with van der Waals surface area (Å²) in [7, 11) is 0. The third-order valence-electron chi connectivity index (χ3n) is 2.98. The van der Waals surface area contributed by atoms with Gasteiger partial charge in [0.15, 0.2) is 0 Å². The molecule has 0 aliphatic rings. The van der Waals surface area contributed by atoms with Gasteiger partial charge in [0.05, 0.1) is 0 Å². The Morgan fingerprint density at radius 1 is 1.29 bits per heavy atom. The SMILES string of the molecule is CCCN(C(=O)c1cc(Cl)cc(Br)c1)c1cccc(N)c1. The molecule has 2 aromatic carbocycles. The van der Waals surface area contributed by atoms with Crippen molar-refractivity contribution >= 4 is 44.8 Å². The van der Waals surface area contributed by atoms with Crippen LogP contribution in [0.4, 0.5) is 11.4 Å². The zero-order chi connectivity index (χ0) is 15.4. The van der Waals surface area contributed by atoms with Gasteiger partial charge in [0, 0.05) is 33.0 Å². The van der Waals surface area contributed by atoms with Crippen LogP contribution in [0, 0.1) is 0 Å². The van der Waals surface area contributed by atoms with Crippen molar-refractivity contribution in [3.8, 4) is 0 Å². The molecule has 2 aromatic rings. The summed E-state index contributed by atoms with van der Waals surface area (Å²) in [4.78, 5) is 14.5. The molecule has 0 fully saturated rings. The first-order chi connectivity index (χ1) is 10.0. The monoisotopic (exact) mass is 366 g/mol. The van der Waals surface area contributed by atoms with Crippen LogP contribution in [-0.4, -0.2) is 12.5 Å². The van der Waals surface area contributed by atoms with Crippen LogP contribution in [0.25, 0.3) is 0 Å². The molecule has 2 N–H and O–H groups in total. The van der Waals surface area contributed by atoms with Crippen LogP contribution in [0.3, 0.4) is 0 Å². The van der Waals surface area contributed by atoms with Crippen LogP contribution < -0.4 is 10.6 Å². The number of carbonyl (C=O) groups excluding carboxylic acids is 1. The Bertz CT molecular complexity index is 640. The van der Waals surface area contributed by atoms with E-state index >= 15 is 0 Å². The highest BCUT2D eigenvalue weighted by Crippen LogP contribution is 2.24. The van der Waals surface area contributed by atoms with E-state index in [1.807, 2.05) is 19.1 Å². The number of hydrogen-bond donors (Lipinski definition) is 1. The lowest BCUT2D eigenvalue weighted by molar-refractivity contribution is 0.0987. The highest BCUT2D eigenvalue weighted by molar-refractivity contribution is 9.10. The van der Waals surface area contributed by atoms with Crippen molar-refractivity contribution in [2.75, 3.05) is 17.2 Å². The zero-order valence-electron chi connectivity index (χ0n) is 11.6. The van der Waals surface area contributed by atoms with Crippen LogP contribution in [0.15, 0.2) is 46.9 Å². The van der Waals surface area contributed by atoms with Gasteiger partial charge >= 0.3 is 0 Å². The second-order valence-electron chi connectivity index (χ2n) is 4.71. The van der Waals surface area contributed by atoms with Crippen LogP contribution >= 0.6 is 27.5 Å². The Morgan fingerprint density at radius 2 is 2.05 bits per heavy atom. The second-order valence-corrected chi connectivity index (χ2v) is 6.06. The molecule has 0 heterocycles. The fourth-order valence-corrected chi connectivity index (χ4v) is 2.96. The Morgan fingerprint density at radius 3 is 2.67 bits per heavy atom. The molecule has 0 aliphatic heterocycles. The van der Waals surface area contributed by atoms with E-state index in [4.69, 9.17) is 17.3 Å². The van der Waals surface area contributed by atoms with Crippen LogP contribution in [0.1, 0.15) is 23.7 Å². The first kappa shape index (κ1) is 15.9. The summed E-state index contributed by atoms with van der Waals surface area (Å²) in [6, 6.07) is 12.5.